The van der Waals surface area contributed by atoms with Gasteiger partial charge in [0, 0.05) is 51.4 Å². The van der Waals surface area contributed by atoms with E-state index in [1.54, 1.807) is 7.11 Å². The molecule has 0 amide bonds. The van der Waals surface area contributed by atoms with Crippen molar-refractivity contribution in [2.75, 3.05) is 58.3 Å². The van der Waals surface area contributed by atoms with E-state index >= 15 is 0 Å². The van der Waals surface area contributed by atoms with E-state index in [0.29, 0.717) is 0 Å². The lowest BCUT2D eigenvalue weighted by Gasteiger charge is -2.42. The van der Waals surface area contributed by atoms with Gasteiger partial charge in [0.2, 0.25) is 5.88 Å². The molecule has 0 unspecified atom stereocenters. The molecule has 5 nitrogen and oxygen atoms in total. The summed E-state index contributed by atoms with van der Waals surface area (Å²) in [7, 11) is 3.91. The number of aryl methyl sites for hydroxylation is 1. The van der Waals surface area contributed by atoms with Gasteiger partial charge >= 0.3 is 0 Å². The Bertz CT molecular complexity index is 506. The molecule has 0 radical (unpaired) electrons. The predicted molar refractivity (Wildman–Crippen MR) is 94.5 cm³/mol. The highest BCUT2D eigenvalue weighted by atomic mass is 16.5. The van der Waals surface area contributed by atoms with Crippen molar-refractivity contribution < 1.29 is 4.74 Å². The van der Waals surface area contributed by atoms with E-state index < -0.39 is 0 Å². The van der Waals surface area contributed by atoms with Crippen molar-refractivity contribution in [3.63, 3.8) is 0 Å². The topological polar surface area (TPSA) is 31.8 Å². The zero-order valence-corrected chi connectivity index (χ0v) is 14.8. The summed E-state index contributed by atoms with van der Waals surface area (Å²) in [6.07, 6.45) is 3.50. The van der Waals surface area contributed by atoms with Crippen LogP contribution in [0.25, 0.3) is 0 Å². The molecule has 23 heavy (non-hydrogen) atoms. The Hall–Kier alpha value is -1.33. The third-order valence-corrected chi connectivity index (χ3v) is 5.34. The molecule has 0 bridgehead atoms. The van der Waals surface area contributed by atoms with Crippen LogP contribution in [0.2, 0.25) is 0 Å². The maximum atomic E-state index is 5.32. The van der Waals surface area contributed by atoms with Crippen LogP contribution in [0.1, 0.15) is 25.3 Å². The highest BCUT2D eigenvalue weighted by Gasteiger charge is 2.27. The van der Waals surface area contributed by atoms with Crippen LogP contribution in [-0.2, 0) is 6.42 Å². The molecule has 5 heteroatoms. The summed E-state index contributed by atoms with van der Waals surface area (Å²) in [5.74, 6) is 1.85. The summed E-state index contributed by atoms with van der Waals surface area (Å²) < 4.78 is 5.32. The Kier molecular flexibility index (Phi) is 5.38. The van der Waals surface area contributed by atoms with Gasteiger partial charge in [-0.2, -0.15) is 4.98 Å². The molecular formula is C18H30N4O. The number of piperazine rings is 1. The molecule has 2 aliphatic heterocycles. The van der Waals surface area contributed by atoms with E-state index in [-0.39, 0.29) is 0 Å². The number of rotatable bonds is 4. The van der Waals surface area contributed by atoms with E-state index in [1.165, 1.54) is 44.6 Å². The first kappa shape index (κ1) is 16.5. The van der Waals surface area contributed by atoms with Crippen molar-refractivity contribution >= 4 is 5.82 Å². The van der Waals surface area contributed by atoms with Crippen LogP contribution in [0, 0.1) is 0 Å². The fourth-order valence-electron chi connectivity index (χ4n) is 3.75. The molecule has 2 fully saturated rings. The standard InChI is InChI=1S/C18H30N4O/c1-4-15-5-6-17(23-3)19-18(15)22-9-7-16(8-10-22)21-13-11-20(2)12-14-21/h5-6,16H,4,7-14H2,1-3H3. The number of anilines is 1. The van der Waals surface area contributed by atoms with Crippen molar-refractivity contribution in [1.82, 2.24) is 14.8 Å². The minimum absolute atomic E-state index is 0.721. The van der Waals surface area contributed by atoms with Gasteiger partial charge in [0.15, 0.2) is 0 Å². The number of aromatic nitrogens is 1. The van der Waals surface area contributed by atoms with Crippen molar-refractivity contribution in [1.29, 1.82) is 0 Å². The predicted octanol–water partition coefficient (Wildman–Crippen LogP) is 1.87. The maximum absolute atomic E-state index is 5.32. The molecule has 0 N–H and O–H groups in total. The van der Waals surface area contributed by atoms with Crippen LogP contribution >= 0.6 is 0 Å². The highest BCUT2D eigenvalue weighted by molar-refractivity contribution is 5.49. The average Bonchev–Trinajstić information content (AvgIpc) is 2.62. The summed E-state index contributed by atoms with van der Waals surface area (Å²) in [4.78, 5) is 12.3. The molecular weight excluding hydrogens is 288 g/mol. The number of pyridine rings is 1. The number of hydrogen-bond acceptors (Lipinski definition) is 5. The van der Waals surface area contributed by atoms with Gasteiger partial charge in [0.1, 0.15) is 5.82 Å². The van der Waals surface area contributed by atoms with E-state index in [0.717, 1.165) is 37.3 Å². The van der Waals surface area contributed by atoms with Crippen molar-refractivity contribution in [2.24, 2.45) is 0 Å². The molecule has 3 heterocycles. The van der Waals surface area contributed by atoms with Gasteiger partial charge < -0.3 is 14.5 Å². The summed E-state index contributed by atoms with van der Waals surface area (Å²) in [5.41, 5.74) is 1.32. The van der Waals surface area contributed by atoms with Gasteiger partial charge in [-0.25, -0.2) is 0 Å². The zero-order valence-electron chi connectivity index (χ0n) is 14.8. The lowest BCUT2D eigenvalue weighted by atomic mass is 10.0. The summed E-state index contributed by atoms with van der Waals surface area (Å²) >= 11 is 0. The number of likely N-dealkylation sites (N-methyl/N-ethyl adjacent to an activating group) is 1. The third-order valence-electron chi connectivity index (χ3n) is 5.34. The molecule has 0 aromatic carbocycles. The second kappa shape index (κ2) is 7.49. The highest BCUT2D eigenvalue weighted by Crippen LogP contribution is 2.27. The normalized spacial score (nSPS) is 21.6. The molecule has 1 aromatic rings. The minimum atomic E-state index is 0.721. The molecule has 3 rings (SSSR count). The first-order chi connectivity index (χ1) is 11.2. The number of piperidine rings is 1. The largest absolute Gasteiger partial charge is 0.481 e. The molecule has 128 valence electrons. The van der Waals surface area contributed by atoms with E-state index in [4.69, 9.17) is 9.72 Å². The quantitative estimate of drug-likeness (QED) is 0.846. The van der Waals surface area contributed by atoms with E-state index in [1.807, 2.05) is 6.07 Å². The number of hydrogen-bond donors (Lipinski definition) is 0. The lowest BCUT2D eigenvalue weighted by Crippen LogP contribution is -2.52. The Morgan fingerprint density at radius 2 is 1.78 bits per heavy atom. The van der Waals surface area contributed by atoms with Gasteiger partial charge in [0.05, 0.1) is 7.11 Å². The van der Waals surface area contributed by atoms with Crippen LogP contribution in [0.4, 0.5) is 5.82 Å². The average molecular weight is 318 g/mol. The summed E-state index contributed by atoms with van der Waals surface area (Å²) in [6.45, 7) is 9.26. The fraction of sp³-hybridized carbons (Fsp3) is 0.722. The number of nitrogens with zero attached hydrogens (tertiary/aromatic N) is 4. The Morgan fingerprint density at radius 3 is 2.39 bits per heavy atom. The van der Waals surface area contributed by atoms with Crippen LogP contribution in [-0.4, -0.2) is 74.3 Å². The Balaban J connectivity index is 1.62. The molecule has 0 saturated carbocycles. The van der Waals surface area contributed by atoms with E-state index in [2.05, 4.69) is 34.7 Å². The van der Waals surface area contributed by atoms with Crippen LogP contribution in [0.5, 0.6) is 5.88 Å². The zero-order chi connectivity index (χ0) is 16.2. The second-order valence-corrected chi connectivity index (χ2v) is 6.75. The maximum Gasteiger partial charge on any atom is 0.214 e. The first-order valence-electron chi connectivity index (χ1n) is 8.92. The van der Waals surface area contributed by atoms with Crippen molar-refractivity contribution in [2.45, 2.75) is 32.2 Å². The van der Waals surface area contributed by atoms with Crippen LogP contribution < -0.4 is 9.64 Å². The molecule has 0 spiro atoms. The second-order valence-electron chi connectivity index (χ2n) is 6.75. The smallest absolute Gasteiger partial charge is 0.214 e. The molecule has 0 atom stereocenters. The molecule has 2 saturated heterocycles. The first-order valence-corrected chi connectivity index (χ1v) is 8.92. The summed E-state index contributed by atoms with van der Waals surface area (Å²) in [6, 6.07) is 4.88. The number of methoxy groups -OCH3 is 1. The Labute approximate surface area is 140 Å². The monoisotopic (exact) mass is 318 g/mol. The summed E-state index contributed by atoms with van der Waals surface area (Å²) in [5, 5.41) is 0. The minimum Gasteiger partial charge on any atom is -0.481 e. The Morgan fingerprint density at radius 1 is 1.09 bits per heavy atom. The van der Waals surface area contributed by atoms with Crippen LogP contribution in [0.15, 0.2) is 12.1 Å². The number of ether oxygens (including phenoxy) is 1. The SMILES string of the molecule is CCc1ccc(OC)nc1N1CCC(N2CCN(C)CC2)CC1. The lowest BCUT2D eigenvalue weighted by molar-refractivity contribution is 0.0981. The van der Waals surface area contributed by atoms with Crippen molar-refractivity contribution in [3.05, 3.63) is 17.7 Å². The van der Waals surface area contributed by atoms with Gasteiger partial charge in [-0.15, -0.1) is 0 Å². The van der Waals surface area contributed by atoms with Gasteiger partial charge in [-0.3, -0.25) is 4.90 Å². The van der Waals surface area contributed by atoms with Crippen LogP contribution in [0.3, 0.4) is 0 Å². The molecule has 0 aliphatic carbocycles. The molecule has 2 aliphatic rings. The third kappa shape index (κ3) is 3.78. The van der Waals surface area contributed by atoms with E-state index in [9.17, 15) is 0 Å². The molecule has 1 aromatic heterocycles. The van der Waals surface area contributed by atoms with Gasteiger partial charge in [-0.05, 0) is 31.9 Å². The van der Waals surface area contributed by atoms with Crippen molar-refractivity contribution in [3.8, 4) is 5.88 Å². The van der Waals surface area contributed by atoms with Gasteiger partial charge in [-0.1, -0.05) is 13.0 Å². The van der Waals surface area contributed by atoms with Gasteiger partial charge in [0.25, 0.3) is 0 Å². The fourth-order valence-corrected chi connectivity index (χ4v) is 3.75.